The Balaban J connectivity index is 3.24. The average Bonchev–Trinajstić information content (AvgIpc) is 2.21. The van der Waals surface area contributed by atoms with E-state index in [9.17, 15) is 4.79 Å². The number of halogens is 1. The van der Waals surface area contributed by atoms with Crippen LogP contribution in [0.5, 0.6) is 5.75 Å². The van der Waals surface area contributed by atoms with Crippen LogP contribution < -0.4 is 4.74 Å². The molecule has 1 aromatic carbocycles. The summed E-state index contributed by atoms with van der Waals surface area (Å²) >= 11 is 3.36. The van der Waals surface area contributed by atoms with Crippen LogP contribution in [0.15, 0.2) is 16.6 Å². The third-order valence-electron chi connectivity index (χ3n) is 1.98. The third kappa shape index (κ3) is 1.90. The molecule has 3 nitrogen and oxygen atoms in total. The molecule has 0 saturated carbocycles. The topological polar surface area (TPSA) is 35.5 Å². The highest BCUT2D eigenvalue weighted by Gasteiger charge is 2.13. The number of carbonyl (C=O) groups excluding carboxylic acids is 1. The zero-order valence-electron chi connectivity index (χ0n) is 8.26. The maximum absolute atomic E-state index is 11.3. The van der Waals surface area contributed by atoms with Gasteiger partial charge < -0.3 is 9.47 Å². The van der Waals surface area contributed by atoms with Crippen molar-refractivity contribution in [3.8, 4) is 5.75 Å². The quantitative estimate of drug-likeness (QED) is 0.765. The van der Waals surface area contributed by atoms with E-state index in [1.165, 1.54) is 7.11 Å². The van der Waals surface area contributed by atoms with Crippen LogP contribution in [-0.4, -0.2) is 20.2 Å². The van der Waals surface area contributed by atoms with Crippen molar-refractivity contribution in [1.29, 1.82) is 0 Å². The summed E-state index contributed by atoms with van der Waals surface area (Å²) in [6, 6.07) is 3.41. The molecule has 0 amide bonds. The first-order valence-electron chi connectivity index (χ1n) is 4.03. The Morgan fingerprint density at radius 1 is 1.36 bits per heavy atom. The summed E-state index contributed by atoms with van der Waals surface area (Å²) in [4.78, 5) is 11.3. The Morgan fingerprint density at radius 3 is 2.50 bits per heavy atom. The van der Waals surface area contributed by atoms with Crippen LogP contribution in [0.25, 0.3) is 0 Å². The third-order valence-corrected chi connectivity index (χ3v) is 2.96. The first kappa shape index (κ1) is 11.0. The molecule has 0 N–H and O–H groups in total. The van der Waals surface area contributed by atoms with Crippen LogP contribution in [0.2, 0.25) is 0 Å². The second kappa shape index (κ2) is 4.46. The van der Waals surface area contributed by atoms with Crippen molar-refractivity contribution in [1.82, 2.24) is 0 Å². The van der Waals surface area contributed by atoms with Crippen LogP contribution in [-0.2, 0) is 4.74 Å². The van der Waals surface area contributed by atoms with Crippen LogP contribution in [0, 0.1) is 6.92 Å². The Bertz CT molecular complexity index is 361. The molecule has 0 bridgehead atoms. The summed E-state index contributed by atoms with van der Waals surface area (Å²) < 4.78 is 10.5. The summed E-state index contributed by atoms with van der Waals surface area (Å²) in [5.74, 6) is 0.362. The first-order valence-corrected chi connectivity index (χ1v) is 4.82. The summed E-state index contributed by atoms with van der Waals surface area (Å²) in [7, 11) is 2.94. The second-order valence-corrected chi connectivity index (χ2v) is 3.54. The fraction of sp³-hybridized carbons (Fsp3) is 0.300. The zero-order valence-corrected chi connectivity index (χ0v) is 9.84. The molecule has 0 radical (unpaired) electrons. The van der Waals surface area contributed by atoms with E-state index < -0.39 is 0 Å². The van der Waals surface area contributed by atoms with Gasteiger partial charge in [-0.1, -0.05) is 0 Å². The molecule has 4 heteroatoms. The van der Waals surface area contributed by atoms with E-state index in [1.54, 1.807) is 19.2 Å². The van der Waals surface area contributed by atoms with Gasteiger partial charge in [-0.15, -0.1) is 0 Å². The Hall–Kier alpha value is -1.03. The lowest BCUT2D eigenvalue weighted by Gasteiger charge is -2.09. The highest BCUT2D eigenvalue weighted by molar-refractivity contribution is 9.10. The highest BCUT2D eigenvalue weighted by Crippen LogP contribution is 2.30. The number of esters is 1. The van der Waals surface area contributed by atoms with Gasteiger partial charge >= 0.3 is 5.97 Å². The van der Waals surface area contributed by atoms with Gasteiger partial charge in [0.25, 0.3) is 0 Å². The van der Waals surface area contributed by atoms with Gasteiger partial charge in [0, 0.05) is 0 Å². The lowest BCUT2D eigenvalue weighted by Crippen LogP contribution is -2.04. The molecule has 0 unspecified atom stereocenters. The Kier molecular flexibility index (Phi) is 3.52. The zero-order chi connectivity index (χ0) is 10.7. The molecule has 0 aromatic heterocycles. The molecular weight excluding hydrogens is 248 g/mol. The molecule has 0 aliphatic heterocycles. The number of hydrogen-bond acceptors (Lipinski definition) is 3. The minimum absolute atomic E-state index is 0.342. The SMILES string of the molecule is COC(=O)c1ccc(OC)c(Br)c1C. The van der Waals surface area contributed by atoms with E-state index in [0.717, 1.165) is 10.0 Å². The van der Waals surface area contributed by atoms with Gasteiger partial charge in [-0.2, -0.15) is 0 Å². The van der Waals surface area contributed by atoms with Crippen molar-refractivity contribution in [2.45, 2.75) is 6.92 Å². The molecule has 0 atom stereocenters. The predicted octanol–water partition coefficient (Wildman–Crippen LogP) is 2.55. The van der Waals surface area contributed by atoms with Gasteiger partial charge in [0.05, 0.1) is 24.3 Å². The summed E-state index contributed by atoms with van der Waals surface area (Å²) in [5.41, 5.74) is 1.36. The average molecular weight is 259 g/mol. The minimum atomic E-state index is -0.342. The second-order valence-electron chi connectivity index (χ2n) is 2.75. The number of benzene rings is 1. The van der Waals surface area contributed by atoms with Crippen LogP contribution in [0.4, 0.5) is 0 Å². The van der Waals surface area contributed by atoms with E-state index in [1.807, 2.05) is 6.92 Å². The molecule has 0 fully saturated rings. The summed E-state index contributed by atoms with van der Waals surface area (Å²) in [6.45, 7) is 1.83. The summed E-state index contributed by atoms with van der Waals surface area (Å²) in [5, 5.41) is 0. The molecule has 0 aliphatic carbocycles. The van der Waals surface area contributed by atoms with Crippen molar-refractivity contribution >= 4 is 21.9 Å². The van der Waals surface area contributed by atoms with Gasteiger partial charge in [0.2, 0.25) is 0 Å². The summed E-state index contributed by atoms with van der Waals surface area (Å²) in [6.07, 6.45) is 0. The van der Waals surface area contributed by atoms with Crippen molar-refractivity contribution < 1.29 is 14.3 Å². The van der Waals surface area contributed by atoms with Crippen molar-refractivity contribution in [3.05, 3.63) is 27.7 Å². The largest absolute Gasteiger partial charge is 0.496 e. The number of carbonyl (C=O) groups is 1. The van der Waals surface area contributed by atoms with Crippen LogP contribution in [0.3, 0.4) is 0 Å². The molecule has 76 valence electrons. The van der Waals surface area contributed by atoms with Gasteiger partial charge in [-0.05, 0) is 40.5 Å². The Morgan fingerprint density at radius 2 is 2.00 bits per heavy atom. The predicted molar refractivity (Wildman–Crippen MR) is 56.8 cm³/mol. The maximum Gasteiger partial charge on any atom is 0.338 e. The smallest absolute Gasteiger partial charge is 0.338 e. The molecular formula is C10H11BrO3. The molecule has 0 heterocycles. The Labute approximate surface area is 91.1 Å². The molecule has 14 heavy (non-hydrogen) atoms. The van der Waals surface area contributed by atoms with Gasteiger partial charge in [-0.25, -0.2) is 4.79 Å². The van der Waals surface area contributed by atoms with E-state index >= 15 is 0 Å². The molecule has 1 rings (SSSR count). The molecule has 0 saturated heterocycles. The van der Waals surface area contributed by atoms with Crippen molar-refractivity contribution in [2.24, 2.45) is 0 Å². The standard InChI is InChI=1S/C10H11BrO3/c1-6-7(10(12)14-3)4-5-8(13-2)9(6)11/h4-5H,1-3H3. The maximum atomic E-state index is 11.3. The first-order chi connectivity index (χ1) is 6.61. The molecule has 1 aromatic rings. The number of rotatable bonds is 2. The fourth-order valence-electron chi connectivity index (χ4n) is 1.15. The van der Waals surface area contributed by atoms with Crippen LogP contribution in [0.1, 0.15) is 15.9 Å². The monoisotopic (exact) mass is 258 g/mol. The van der Waals surface area contributed by atoms with E-state index in [-0.39, 0.29) is 5.97 Å². The molecule has 0 spiro atoms. The minimum Gasteiger partial charge on any atom is -0.496 e. The van der Waals surface area contributed by atoms with E-state index in [0.29, 0.717) is 11.3 Å². The number of hydrogen-bond donors (Lipinski definition) is 0. The van der Waals surface area contributed by atoms with E-state index in [2.05, 4.69) is 20.7 Å². The van der Waals surface area contributed by atoms with Crippen LogP contribution >= 0.6 is 15.9 Å². The van der Waals surface area contributed by atoms with E-state index in [4.69, 9.17) is 4.74 Å². The fourth-order valence-corrected chi connectivity index (χ4v) is 1.66. The number of methoxy groups -OCH3 is 2. The van der Waals surface area contributed by atoms with Crippen molar-refractivity contribution in [3.63, 3.8) is 0 Å². The van der Waals surface area contributed by atoms with Gasteiger partial charge in [0.15, 0.2) is 0 Å². The van der Waals surface area contributed by atoms with Gasteiger partial charge in [-0.3, -0.25) is 0 Å². The van der Waals surface area contributed by atoms with Gasteiger partial charge in [0.1, 0.15) is 5.75 Å². The molecule has 0 aliphatic rings. The van der Waals surface area contributed by atoms with Crippen molar-refractivity contribution in [2.75, 3.05) is 14.2 Å². The highest BCUT2D eigenvalue weighted by atomic mass is 79.9. The normalized spacial score (nSPS) is 9.71. The lowest BCUT2D eigenvalue weighted by molar-refractivity contribution is 0.0600. The lowest BCUT2D eigenvalue weighted by atomic mass is 10.1. The number of ether oxygens (including phenoxy) is 2.